The van der Waals surface area contributed by atoms with Crippen LogP contribution in [0.25, 0.3) is 0 Å². The zero-order valence-corrected chi connectivity index (χ0v) is 15.0. The minimum absolute atomic E-state index is 0.0113. The van der Waals surface area contributed by atoms with Crippen LogP contribution in [-0.4, -0.2) is 52.8 Å². The van der Waals surface area contributed by atoms with Gasteiger partial charge >= 0.3 is 0 Å². The van der Waals surface area contributed by atoms with E-state index in [1.165, 1.54) is 0 Å². The van der Waals surface area contributed by atoms with Crippen LogP contribution in [0.5, 0.6) is 0 Å². The molecule has 2 saturated heterocycles. The number of hydrogen-bond acceptors (Lipinski definition) is 6. The van der Waals surface area contributed by atoms with E-state index >= 15 is 0 Å². The van der Waals surface area contributed by atoms with E-state index in [9.17, 15) is 4.79 Å². The van der Waals surface area contributed by atoms with Crippen molar-refractivity contribution in [2.24, 2.45) is 5.92 Å². The lowest BCUT2D eigenvalue weighted by Gasteiger charge is -2.52. The Morgan fingerprint density at radius 3 is 3.00 bits per heavy atom. The summed E-state index contributed by atoms with van der Waals surface area (Å²) >= 11 is 0. The van der Waals surface area contributed by atoms with Gasteiger partial charge < -0.3 is 14.6 Å². The van der Waals surface area contributed by atoms with Gasteiger partial charge in [-0.05, 0) is 37.8 Å². The molecule has 7 heteroatoms. The first-order valence-electron chi connectivity index (χ1n) is 9.09. The molecule has 0 aliphatic carbocycles. The van der Waals surface area contributed by atoms with Crippen molar-refractivity contribution in [2.75, 3.05) is 26.2 Å². The van der Waals surface area contributed by atoms with Gasteiger partial charge in [-0.3, -0.25) is 14.7 Å². The minimum atomic E-state index is -0.0730. The second kappa shape index (κ2) is 7.17. The van der Waals surface area contributed by atoms with Crippen LogP contribution >= 0.6 is 0 Å². The average Bonchev–Trinajstić information content (AvgIpc) is 3.05. The van der Waals surface area contributed by atoms with Crippen molar-refractivity contribution in [3.05, 3.63) is 47.6 Å². The highest BCUT2D eigenvalue weighted by atomic mass is 16.5. The third-order valence-corrected chi connectivity index (χ3v) is 5.19. The molecule has 138 valence electrons. The molecule has 7 nitrogen and oxygen atoms in total. The van der Waals surface area contributed by atoms with Crippen molar-refractivity contribution in [3.8, 4) is 0 Å². The molecular formula is C19H24N4O3. The van der Waals surface area contributed by atoms with Crippen LogP contribution in [0.1, 0.15) is 34.7 Å². The number of rotatable bonds is 5. The second-order valence-electron chi connectivity index (χ2n) is 7.42. The molecule has 2 fully saturated rings. The SMILES string of the molecule is Cc1cc(CN2CC3(CC[C@@H](CNC(=O)c4cccnc4)CO3)C2)no1. The number of nitrogens with zero attached hydrogens (tertiary/aromatic N) is 3. The van der Waals surface area contributed by atoms with Crippen molar-refractivity contribution in [3.63, 3.8) is 0 Å². The summed E-state index contributed by atoms with van der Waals surface area (Å²) in [6, 6.07) is 5.52. The molecule has 0 bridgehead atoms. The highest BCUT2D eigenvalue weighted by Gasteiger charge is 2.46. The summed E-state index contributed by atoms with van der Waals surface area (Å²) in [4.78, 5) is 18.4. The summed E-state index contributed by atoms with van der Waals surface area (Å²) in [7, 11) is 0. The maximum atomic E-state index is 12.1. The molecule has 1 spiro atoms. The molecule has 2 aromatic heterocycles. The first kappa shape index (κ1) is 17.2. The number of amides is 1. The summed E-state index contributed by atoms with van der Waals surface area (Å²) < 4.78 is 11.3. The predicted octanol–water partition coefficient (Wildman–Crippen LogP) is 1.79. The van der Waals surface area contributed by atoms with Crippen molar-refractivity contribution >= 4 is 5.91 Å². The van der Waals surface area contributed by atoms with Crippen molar-refractivity contribution in [1.82, 2.24) is 20.4 Å². The molecule has 1 amide bonds. The van der Waals surface area contributed by atoms with Gasteiger partial charge in [0.25, 0.3) is 5.91 Å². The zero-order valence-electron chi connectivity index (χ0n) is 15.0. The number of carbonyl (C=O) groups excluding carboxylic acids is 1. The number of aromatic nitrogens is 2. The van der Waals surface area contributed by atoms with Crippen molar-refractivity contribution in [2.45, 2.75) is 31.9 Å². The summed E-state index contributed by atoms with van der Waals surface area (Å²) in [5, 5.41) is 7.03. The molecule has 1 atom stereocenters. The Morgan fingerprint density at radius 2 is 2.35 bits per heavy atom. The van der Waals surface area contributed by atoms with Crippen LogP contribution in [-0.2, 0) is 11.3 Å². The lowest BCUT2D eigenvalue weighted by Crippen LogP contribution is -2.64. The van der Waals surface area contributed by atoms with E-state index in [0.29, 0.717) is 24.6 Å². The molecule has 0 aromatic carbocycles. The molecule has 2 aliphatic heterocycles. The molecule has 4 rings (SSSR count). The van der Waals surface area contributed by atoms with Crippen LogP contribution in [0.3, 0.4) is 0 Å². The fourth-order valence-corrected chi connectivity index (χ4v) is 3.77. The van der Waals surface area contributed by atoms with Crippen LogP contribution in [0, 0.1) is 12.8 Å². The summed E-state index contributed by atoms with van der Waals surface area (Å²) in [5.74, 6) is 1.14. The molecule has 0 radical (unpaired) electrons. The molecule has 2 aliphatic rings. The van der Waals surface area contributed by atoms with E-state index in [-0.39, 0.29) is 11.5 Å². The molecule has 26 heavy (non-hydrogen) atoms. The van der Waals surface area contributed by atoms with E-state index in [0.717, 1.165) is 43.9 Å². The topological polar surface area (TPSA) is 80.5 Å². The van der Waals surface area contributed by atoms with E-state index in [1.807, 2.05) is 13.0 Å². The lowest BCUT2D eigenvalue weighted by atomic mass is 9.83. The first-order valence-corrected chi connectivity index (χ1v) is 9.09. The lowest BCUT2D eigenvalue weighted by molar-refractivity contribution is -0.181. The van der Waals surface area contributed by atoms with Crippen molar-refractivity contribution in [1.29, 1.82) is 0 Å². The highest BCUT2D eigenvalue weighted by molar-refractivity contribution is 5.93. The third-order valence-electron chi connectivity index (χ3n) is 5.19. The number of pyridine rings is 1. The Kier molecular flexibility index (Phi) is 4.74. The number of ether oxygens (including phenoxy) is 1. The van der Waals surface area contributed by atoms with Crippen molar-refractivity contribution < 1.29 is 14.1 Å². The van der Waals surface area contributed by atoms with E-state index < -0.39 is 0 Å². The van der Waals surface area contributed by atoms with Gasteiger partial charge in [0.05, 0.1) is 23.5 Å². The molecular weight excluding hydrogens is 332 g/mol. The predicted molar refractivity (Wildman–Crippen MR) is 94.5 cm³/mol. The van der Waals surface area contributed by atoms with Crippen LogP contribution in [0.4, 0.5) is 0 Å². The summed E-state index contributed by atoms with van der Waals surface area (Å²) in [5.41, 5.74) is 1.56. The van der Waals surface area contributed by atoms with E-state index in [2.05, 4.69) is 20.4 Å². The summed E-state index contributed by atoms with van der Waals surface area (Å²) in [6.07, 6.45) is 5.36. The smallest absolute Gasteiger partial charge is 0.252 e. The molecule has 4 heterocycles. The van der Waals surface area contributed by atoms with Gasteiger partial charge in [-0.25, -0.2) is 0 Å². The Bertz CT molecular complexity index is 745. The number of aryl methyl sites for hydroxylation is 1. The van der Waals surface area contributed by atoms with Gasteiger partial charge in [0.2, 0.25) is 0 Å². The van der Waals surface area contributed by atoms with Crippen LogP contribution in [0.2, 0.25) is 0 Å². The average molecular weight is 356 g/mol. The standard InChI is InChI=1S/C19H24N4O3/c1-14-7-17(22-26-14)10-23-12-19(13-23)5-4-15(11-25-19)8-21-18(24)16-3-2-6-20-9-16/h2-3,6-7,9,15H,4-5,8,10-13H2,1H3,(H,21,24)/t15-/m0/s1. The summed E-state index contributed by atoms with van der Waals surface area (Å²) in [6.45, 7) is 5.94. The van der Waals surface area contributed by atoms with E-state index in [4.69, 9.17) is 9.26 Å². The fourth-order valence-electron chi connectivity index (χ4n) is 3.77. The third kappa shape index (κ3) is 3.78. The van der Waals surface area contributed by atoms with Gasteiger partial charge in [-0.2, -0.15) is 0 Å². The first-order chi connectivity index (χ1) is 12.6. The van der Waals surface area contributed by atoms with Gasteiger partial charge in [0.15, 0.2) is 0 Å². The molecule has 1 N–H and O–H groups in total. The number of hydrogen-bond donors (Lipinski definition) is 1. The highest BCUT2D eigenvalue weighted by Crippen LogP contribution is 2.36. The van der Waals surface area contributed by atoms with E-state index in [1.54, 1.807) is 24.5 Å². The monoisotopic (exact) mass is 356 g/mol. The van der Waals surface area contributed by atoms with Gasteiger partial charge in [-0.1, -0.05) is 5.16 Å². The van der Waals surface area contributed by atoms with Crippen LogP contribution < -0.4 is 5.32 Å². The molecule has 2 aromatic rings. The number of carbonyl (C=O) groups is 1. The Balaban J connectivity index is 1.18. The number of nitrogens with one attached hydrogen (secondary N) is 1. The number of likely N-dealkylation sites (tertiary alicyclic amines) is 1. The van der Waals surface area contributed by atoms with Gasteiger partial charge in [0, 0.05) is 44.6 Å². The Hall–Kier alpha value is -2.25. The Labute approximate surface area is 152 Å². The maximum absolute atomic E-state index is 12.1. The second-order valence-corrected chi connectivity index (χ2v) is 7.42. The molecule has 0 unspecified atom stereocenters. The quantitative estimate of drug-likeness (QED) is 0.880. The van der Waals surface area contributed by atoms with Crippen LogP contribution in [0.15, 0.2) is 35.1 Å². The van der Waals surface area contributed by atoms with Gasteiger partial charge in [0.1, 0.15) is 5.76 Å². The van der Waals surface area contributed by atoms with Gasteiger partial charge in [-0.15, -0.1) is 0 Å². The Morgan fingerprint density at radius 1 is 1.46 bits per heavy atom. The maximum Gasteiger partial charge on any atom is 0.252 e. The minimum Gasteiger partial charge on any atom is -0.372 e. The fraction of sp³-hybridized carbons (Fsp3) is 0.526. The normalized spacial score (nSPS) is 22.1. The zero-order chi connectivity index (χ0) is 18.0. The largest absolute Gasteiger partial charge is 0.372 e. The molecule has 0 saturated carbocycles.